The molecule has 24 heavy (non-hydrogen) atoms. The Hall–Kier alpha value is -1.96. The number of aliphatic imine (C=N–C) groups is 1. The molecule has 1 aromatic carbocycles. The summed E-state index contributed by atoms with van der Waals surface area (Å²) in [4.78, 5) is 4.09. The number of guanidine groups is 1. The lowest BCUT2D eigenvalue weighted by Crippen LogP contribution is -2.37. The van der Waals surface area contributed by atoms with E-state index in [1.54, 1.807) is 25.2 Å². The highest BCUT2D eigenvalue weighted by Crippen LogP contribution is 2.19. The summed E-state index contributed by atoms with van der Waals surface area (Å²) >= 11 is 0. The third-order valence-corrected chi connectivity index (χ3v) is 2.95. The summed E-state index contributed by atoms with van der Waals surface area (Å²) in [5.74, 6) is 0.805. The number of rotatable bonds is 9. The highest BCUT2D eigenvalue weighted by molar-refractivity contribution is 5.79. The molecule has 1 rings (SSSR count). The molecule has 0 saturated carbocycles. The summed E-state index contributed by atoms with van der Waals surface area (Å²) in [6, 6.07) is 6.52. The van der Waals surface area contributed by atoms with Crippen molar-refractivity contribution in [1.29, 1.82) is 0 Å². The standard InChI is InChI=1S/C16H24F3N3O2/c1-3-23-9-5-8-21-15(20-2)22-11-13-6-4-7-14(10-13)24-12-16(17,18)19/h4,6-7,10H,3,5,8-9,11-12H2,1-2H3,(H2,20,21,22). The van der Waals surface area contributed by atoms with Crippen LogP contribution in [0.1, 0.15) is 18.9 Å². The zero-order valence-corrected chi connectivity index (χ0v) is 13.9. The monoisotopic (exact) mass is 347 g/mol. The van der Waals surface area contributed by atoms with E-state index in [0.29, 0.717) is 32.3 Å². The normalized spacial score (nSPS) is 12.1. The van der Waals surface area contributed by atoms with E-state index in [1.165, 1.54) is 6.07 Å². The van der Waals surface area contributed by atoms with Crippen LogP contribution in [0.15, 0.2) is 29.3 Å². The van der Waals surface area contributed by atoms with Gasteiger partial charge in [-0.3, -0.25) is 4.99 Å². The molecule has 0 saturated heterocycles. The average Bonchev–Trinajstić information content (AvgIpc) is 2.55. The molecule has 0 radical (unpaired) electrons. The minimum Gasteiger partial charge on any atom is -0.484 e. The van der Waals surface area contributed by atoms with Crippen LogP contribution in [0.5, 0.6) is 5.75 Å². The van der Waals surface area contributed by atoms with Gasteiger partial charge in [0.2, 0.25) is 0 Å². The van der Waals surface area contributed by atoms with Gasteiger partial charge in [-0.25, -0.2) is 0 Å². The second kappa shape index (κ2) is 10.7. The molecule has 0 aliphatic heterocycles. The predicted molar refractivity (Wildman–Crippen MR) is 87.3 cm³/mol. The van der Waals surface area contributed by atoms with E-state index in [0.717, 1.165) is 12.0 Å². The second-order valence-electron chi connectivity index (χ2n) is 4.95. The SMILES string of the molecule is CCOCCCNC(=NC)NCc1cccc(OCC(F)(F)F)c1. The van der Waals surface area contributed by atoms with Crippen molar-refractivity contribution >= 4 is 5.96 Å². The topological polar surface area (TPSA) is 54.9 Å². The fraction of sp³-hybridized carbons (Fsp3) is 0.562. The van der Waals surface area contributed by atoms with Crippen molar-refractivity contribution in [3.8, 4) is 5.75 Å². The summed E-state index contributed by atoms with van der Waals surface area (Å²) in [5.41, 5.74) is 0.798. The predicted octanol–water partition coefficient (Wildman–Crippen LogP) is 2.72. The molecule has 0 atom stereocenters. The second-order valence-corrected chi connectivity index (χ2v) is 4.95. The van der Waals surface area contributed by atoms with Gasteiger partial charge >= 0.3 is 6.18 Å². The van der Waals surface area contributed by atoms with Crippen LogP contribution in [0, 0.1) is 0 Å². The molecule has 0 aliphatic rings. The Balaban J connectivity index is 2.39. The summed E-state index contributed by atoms with van der Waals surface area (Å²) in [5, 5.41) is 6.23. The molecule has 0 unspecified atom stereocenters. The molecular weight excluding hydrogens is 323 g/mol. The number of hydrogen-bond donors (Lipinski definition) is 2. The number of ether oxygens (including phenoxy) is 2. The van der Waals surface area contributed by atoms with Gasteiger partial charge in [-0.2, -0.15) is 13.2 Å². The van der Waals surface area contributed by atoms with E-state index >= 15 is 0 Å². The number of benzene rings is 1. The van der Waals surface area contributed by atoms with Crippen LogP contribution in [-0.2, 0) is 11.3 Å². The first-order valence-corrected chi connectivity index (χ1v) is 7.75. The van der Waals surface area contributed by atoms with Crippen LogP contribution >= 0.6 is 0 Å². The molecule has 8 heteroatoms. The Kier molecular flexibility index (Phi) is 8.99. The molecule has 0 fully saturated rings. The van der Waals surface area contributed by atoms with E-state index in [-0.39, 0.29) is 5.75 Å². The van der Waals surface area contributed by atoms with Crippen molar-refractivity contribution in [2.45, 2.75) is 26.1 Å². The van der Waals surface area contributed by atoms with Crippen LogP contribution in [0.4, 0.5) is 13.2 Å². The van der Waals surface area contributed by atoms with E-state index < -0.39 is 12.8 Å². The van der Waals surface area contributed by atoms with E-state index in [2.05, 4.69) is 15.6 Å². The Bertz CT molecular complexity index is 508. The number of halogens is 3. The fourth-order valence-electron chi connectivity index (χ4n) is 1.84. The van der Waals surface area contributed by atoms with Crippen LogP contribution in [0.2, 0.25) is 0 Å². The van der Waals surface area contributed by atoms with Crippen molar-refractivity contribution in [2.24, 2.45) is 4.99 Å². The number of alkyl halides is 3. The summed E-state index contributed by atoms with van der Waals surface area (Å²) in [7, 11) is 1.65. The van der Waals surface area contributed by atoms with Crippen molar-refractivity contribution in [2.75, 3.05) is 33.4 Å². The average molecular weight is 347 g/mol. The molecule has 0 bridgehead atoms. The molecule has 136 valence electrons. The lowest BCUT2D eigenvalue weighted by molar-refractivity contribution is -0.153. The van der Waals surface area contributed by atoms with Crippen molar-refractivity contribution in [3.05, 3.63) is 29.8 Å². The van der Waals surface area contributed by atoms with Crippen LogP contribution in [-0.4, -0.2) is 45.5 Å². The largest absolute Gasteiger partial charge is 0.484 e. The van der Waals surface area contributed by atoms with E-state index in [1.807, 2.05) is 6.92 Å². The quantitative estimate of drug-likeness (QED) is 0.410. The van der Waals surface area contributed by atoms with Gasteiger partial charge in [0.1, 0.15) is 5.75 Å². The Labute approximate surface area is 140 Å². The smallest absolute Gasteiger partial charge is 0.422 e. The maximum absolute atomic E-state index is 12.2. The molecule has 0 aliphatic carbocycles. The van der Waals surface area contributed by atoms with Crippen LogP contribution < -0.4 is 15.4 Å². The van der Waals surface area contributed by atoms with Crippen molar-refractivity contribution in [1.82, 2.24) is 10.6 Å². The lowest BCUT2D eigenvalue weighted by Gasteiger charge is -2.13. The highest BCUT2D eigenvalue weighted by Gasteiger charge is 2.28. The van der Waals surface area contributed by atoms with Gasteiger partial charge in [-0.1, -0.05) is 12.1 Å². The van der Waals surface area contributed by atoms with Crippen LogP contribution in [0.3, 0.4) is 0 Å². The number of nitrogens with one attached hydrogen (secondary N) is 2. The van der Waals surface area contributed by atoms with Gasteiger partial charge in [0, 0.05) is 33.4 Å². The minimum absolute atomic E-state index is 0.186. The molecule has 0 amide bonds. The van der Waals surface area contributed by atoms with Gasteiger partial charge in [-0.15, -0.1) is 0 Å². The number of hydrogen-bond acceptors (Lipinski definition) is 3. The fourth-order valence-corrected chi connectivity index (χ4v) is 1.84. The number of nitrogens with zero attached hydrogens (tertiary/aromatic N) is 1. The third kappa shape index (κ3) is 9.24. The molecule has 2 N–H and O–H groups in total. The summed E-state index contributed by atoms with van der Waals surface area (Å²) in [6.45, 7) is 3.16. The first-order valence-electron chi connectivity index (χ1n) is 7.75. The molecule has 1 aromatic rings. The zero-order valence-electron chi connectivity index (χ0n) is 13.9. The van der Waals surface area contributed by atoms with Gasteiger partial charge < -0.3 is 20.1 Å². The third-order valence-electron chi connectivity index (χ3n) is 2.95. The lowest BCUT2D eigenvalue weighted by atomic mass is 10.2. The first kappa shape index (κ1) is 20.1. The first-order chi connectivity index (χ1) is 11.4. The highest BCUT2D eigenvalue weighted by atomic mass is 19.4. The van der Waals surface area contributed by atoms with Gasteiger partial charge in [0.05, 0.1) is 0 Å². The molecule has 0 aromatic heterocycles. The van der Waals surface area contributed by atoms with Gasteiger partial charge in [0.15, 0.2) is 12.6 Å². The van der Waals surface area contributed by atoms with Crippen molar-refractivity contribution in [3.63, 3.8) is 0 Å². The minimum atomic E-state index is -4.35. The van der Waals surface area contributed by atoms with Crippen molar-refractivity contribution < 1.29 is 22.6 Å². The van der Waals surface area contributed by atoms with E-state index in [4.69, 9.17) is 9.47 Å². The van der Waals surface area contributed by atoms with Crippen LogP contribution in [0.25, 0.3) is 0 Å². The Morgan fingerprint density at radius 1 is 1.25 bits per heavy atom. The zero-order chi connectivity index (χ0) is 17.8. The Morgan fingerprint density at radius 3 is 2.71 bits per heavy atom. The molecular formula is C16H24F3N3O2. The van der Waals surface area contributed by atoms with Gasteiger partial charge in [0.25, 0.3) is 0 Å². The van der Waals surface area contributed by atoms with E-state index in [9.17, 15) is 13.2 Å². The maximum atomic E-state index is 12.2. The Morgan fingerprint density at radius 2 is 2.04 bits per heavy atom. The maximum Gasteiger partial charge on any atom is 0.422 e. The molecule has 0 spiro atoms. The molecule has 0 heterocycles. The van der Waals surface area contributed by atoms with Gasteiger partial charge in [-0.05, 0) is 31.0 Å². The molecule has 5 nitrogen and oxygen atoms in total. The summed E-state index contributed by atoms with van der Waals surface area (Å²) < 4.78 is 46.5. The summed E-state index contributed by atoms with van der Waals surface area (Å²) in [6.07, 6.45) is -3.49.